The molecule has 0 radical (unpaired) electrons. The van der Waals surface area contributed by atoms with Gasteiger partial charge < -0.3 is 14.4 Å². The van der Waals surface area contributed by atoms with E-state index in [1.54, 1.807) is 24.0 Å². The van der Waals surface area contributed by atoms with Gasteiger partial charge in [0, 0.05) is 23.2 Å². The van der Waals surface area contributed by atoms with Crippen LogP contribution in [0.3, 0.4) is 0 Å². The van der Waals surface area contributed by atoms with Crippen molar-refractivity contribution in [3.63, 3.8) is 0 Å². The summed E-state index contributed by atoms with van der Waals surface area (Å²) in [6.45, 7) is 1.63. The summed E-state index contributed by atoms with van der Waals surface area (Å²) in [5.74, 6) is -0.424. The van der Waals surface area contributed by atoms with Crippen LogP contribution >= 0.6 is 22.9 Å². The van der Waals surface area contributed by atoms with Crippen molar-refractivity contribution in [2.75, 3.05) is 7.11 Å². The number of alkyl halides is 3. The number of methoxy groups -OCH3 is 1. The molecule has 0 aliphatic carbocycles. The van der Waals surface area contributed by atoms with Crippen molar-refractivity contribution in [1.82, 2.24) is 9.55 Å². The van der Waals surface area contributed by atoms with Crippen LogP contribution in [0.5, 0.6) is 5.75 Å². The maximum atomic E-state index is 13.3. The Hall–Kier alpha value is -3.30. The minimum atomic E-state index is -4.60. The van der Waals surface area contributed by atoms with Crippen molar-refractivity contribution >= 4 is 28.9 Å². The maximum absolute atomic E-state index is 13.3. The molecule has 2 heterocycles. The molecule has 176 valence electrons. The number of rotatable bonds is 6. The van der Waals surface area contributed by atoms with Crippen molar-refractivity contribution < 1.29 is 27.8 Å². The molecule has 0 aliphatic rings. The van der Waals surface area contributed by atoms with Crippen LogP contribution in [0.25, 0.3) is 22.0 Å². The van der Waals surface area contributed by atoms with E-state index in [0.29, 0.717) is 33.4 Å². The molecule has 0 saturated carbocycles. The minimum absolute atomic E-state index is 0.0179. The Labute approximate surface area is 202 Å². The quantitative estimate of drug-likeness (QED) is 0.305. The zero-order valence-electron chi connectivity index (χ0n) is 18.0. The lowest BCUT2D eigenvalue weighted by Crippen LogP contribution is -2.09. The molecule has 0 amide bonds. The van der Waals surface area contributed by atoms with E-state index in [1.165, 1.54) is 29.5 Å². The average Bonchev–Trinajstić information content (AvgIpc) is 3.40. The molecule has 4 aromatic rings. The summed E-state index contributed by atoms with van der Waals surface area (Å²) >= 11 is 7.13. The van der Waals surface area contributed by atoms with Gasteiger partial charge in [-0.3, -0.25) is 0 Å². The summed E-state index contributed by atoms with van der Waals surface area (Å²) in [5.41, 5.74) is 1.74. The number of thiazole rings is 1. The maximum Gasteiger partial charge on any atom is 0.417 e. The van der Waals surface area contributed by atoms with Crippen LogP contribution < -0.4 is 4.74 Å². The van der Waals surface area contributed by atoms with Crippen LogP contribution in [-0.2, 0) is 12.7 Å². The van der Waals surface area contributed by atoms with Gasteiger partial charge in [0.15, 0.2) is 0 Å². The van der Waals surface area contributed by atoms with Crippen LogP contribution in [-0.4, -0.2) is 27.7 Å². The highest BCUT2D eigenvalue weighted by molar-refractivity contribution is 7.13. The van der Waals surface area contributed by atoms with Gasteiger partial charge >= 0.3 is 12.1 Å². The Morgan fingerprint density at radius 1 is 1.18 bits per heavy atom. The lowest BCUT2D eigenvalue weighted by atomic mass is 10.1. The van der Waals surface area contributed by atoms with E-state index in [2.05, 4.69) is 4.98 Å². The van der Waals surface area contributed by atoms with Gasteiger partial charge in [-0.05, 0) is 55.0 Å². The number of hydrogen-bond acceptors (Lipinski definition) is 4. The first-order valence-corrected chi connectivity index (χ1v) is 11.2. The SMILES string of the molecule is COc1ccc(-c2nc(-c3cc(C(=O)O)c(C)n3Cc3ccc(Cl)c(C(F)(F)F)c3)cs2)cc1. The summed E-state index contributed by atoms with van der Waals surface area (Å²) in [5, 5.41) is 11.7. The fourth-order valence-electron chi connectivity index (χ4n) is 3.61. The van der Waals surface area contributed by atoms with Gasteiger partial charge in [-0.2, -0.15) is 13.2 Å². The molecular weight excluding hydrogens is 489 g/mol. The highest BCUT2D eigenvalue weighted by atomic mass is 35.5. The molecule has 0 unspecified atom stereocenters. The van der Waals surface area contributed by atoms with Crippen LogP contribution in [0.2, 0.25) is 5.02 Å². The van der Waals surface area contributed by atoms with Crippen molar-refractivity contribution in [1.29, 1.82) is 0 Å². The van der Waals surface area contributed by atoms with Crippen molar-refractivity contribution in [3.8, 4) is 27.7 Å². The third kappa shape index (κ3) is 4.67. The molecule has 4 rings (SSSR count). The van der Waals surface area contributed by atoms with Gasteiger partial charge in [-0.15, -0.1) is 11.3 Å². The second kappa shape index (κ2) is 9.15. The number of benzene rings is 2. The average molecular weight is 507 g/mol. The van der Waals surface area contributed by atoms with Crippen LogP contribution in [0.1, 0.15) is 27.2 Å². The van der Waals surface area contributed by atoms with Crippen LogP contribution in [0.4, 0.5) is 13.2 Å². The minimum Gasteiger partial charge on any atom is -0.497 e. The normalized spacial score (nSPS) is 11.6. The van der Waals surface area contributed by atoms with Gasteiger partial charge in [0.1, 0.15) is 10.8 Å². The van der Waals surface area contributed by atoms with Crippen molar-refractivity contribution in [3.05, 3.63) is 81.3 Å². The number of ether oxygens (including phenoxy) is 1. The Bertz CT molecular complexity index is 1360. The second-order valence-electron chi connectivity index (χ2n) is 7.50. The molecule has 0 saturated heterocycles. The zero-order chi connectivity index (χ0) is 24.6. The Morgan fingerprint density at radius 3 is 2.50 bits per heavy atom. The summed E-state index contributed by atoms with van der Waals surface area (Å²) in [6, 6.07) is 12.5. The number of carbonyl (C=O) groups is 1. The monoisotopic (exact) mass is 506 g/mol. The largest absolute Gasteiger partial charge is 0.497 e. The van der Waals surface area contributed by atoms with Gasteiger partial charge in [-0.1, -0.05) is 17.7 Å². The first-order chi connectivity index (χ1) is 16.1. The molecule has 0 fully saturated rings. The molecular formula is C24H18ClF3N2O3S. The molecule has 34 heavy (non-hydrogen) atoms. The van der Waals surface area contributed by atoms with E-state index in [-0.39, 0.29) is 12.1 Å². The molecule has 0 atom stereocenters. The van der Waals surface area contributed by atoms with Crippen LogP contribution in [0.15, 0.2) is 53.9 Å². The summed E-state index contributed by atoms with van der Waals surface area (Å²) in [6.07, 6.45) is -4.60. The molecule has 0 bridgehead atoms. The topological polar surface area (TPSA) is 64.3 Å². The Kier molecular flexibility index (Phi) is 6.42. The fraction of sp³-hybridized carbons (Fsp3) is 0.167. The molecule has 5 nitrogen and oxygen atoms in total. The molecule has 0 spiro atoms. The standard InChI is InChI=1S/C24H18ClF3N2O3S/c1-13-17(23(31)32)10-21(20-12-34-22(29-20)15-4-6-16(33-2)7-5-15)30(13)11-14-3-8-19(25)18(9-14)24(26,27)28/h3-10,12H,11H2,1-2H3,(H,31,32). The lowest BCUT2D eigenvalue weighted by molar-refractivity contribution is -0.137. The fourth-order valence-corrected chi connectivity index (χ4v) is 4.65. The number of halogens is 4. The number of carboxylic acid groups (broad SMARTS) is 1. The second-order valence-corrected chi connectivity index (χ2v) is 8.76. The predicted octanol–water partition coefficient (Wildman–Crippen LogP) is 7.01. The molecule has 0 aliphatic heterocycles. The number of nitrogens with zero attached hydrogens (tertiary/aromatic N) is 2. The van der Waals surface area contributed by atoms with E-state index in [9.17, 15) is 23.1 Å². The summed E-state index contributed by atoms with van der Waals surface area (Å²) in [4.78, 5) is 16.4. The predicted molar refractivity (Wildman–Crippen MR) is 125 cm³/mol. The number of carboxylic acids is 1. The highest BCUT2D eigenvalue weighted by Gasteiger charge is 2.33. The molecule has 2 aromatic heterocycles. The van der Waals surface area contributed by atoms with Gasteiger partial charge in [-0.25, -0.2) is 9.78 Å². The van der Waals surface area contributed by atoms with Gasteiger partial charge in [0.2, 0.25) is 0 Å². The Balaban J connectivity index is 1.76. The third-order valence-electron chi connectivity index (χ3n) is 5.38. The molecule has 1 N–H and O–H groups in total. The molecule has 10 heteroatoms. The third-order valence-corrected chi connectivity index (χ3v) is 6.60. The van der Waals surface area contributed by atoms with Crippen molar-refractivity contribution in [2.24, 2.45) is 0 Å². The summed E-state index contributed by atoms with van der Waals surface area (Å²) < 4.78 is 46.8. The van der Waals surface area contributed by atoms with Crippen LogP contribution in [0, 0.1) is 6.92 Å². The summed E-state index contributed by atoms with van der Waals surface area (Å²) in [7, 11) is 1.57. The van der Waals surface area contributed by atoms with E-state index in [0.717, 1.165) is 11.6 Å². The number of aromatic nitrogens is 2. The number of aromatic carboxylic acids is 1. The van der Waals surface area contributed by atoms with E-state index < -0.39 is 22.7 Å². The van der Waals surface area contributed by atoms with E-state index >= 15 is 0 Å². The lowest BCUT2D eigenvalue weighted by Gasteiger charge is -2.14. The van der Waals surface area contributed by atoms with Gasteiger partial charge in [0.25, 0.3) is 0 Å². The molecule has 2 aromatic carbocycles. The first kappa shape index (κ1) is 23.8. The Morgan fingerprint density at radius 2 is 1.88 bits per heavy atom. The van der Waals surface area contributed by atoms with Crippen molar-refractivity contribution in [2.45, 2.75) is 19.6 Å². The van der Waals surface area contributed by atoms with E-state index in [1.807, 2.05) is 24.3 Å². The van der Waals surface area contributed by atoms with Gasteiger partial charge in [0.05, 0.1) is 34.6 Å². The smallest absolute Gasteiger partial charge is 0.417 e. The number of hydrogen-bond donors (Lipinski definition) is 1. The zero-order valence-corrected chi connectivity index (χ0v) is 19.6. The highest BCUT2D eigenvalue weighted by Crippen LogP contribution is 2.36. The first-order valence-electron chi connectivity index (χ1n) is 9.98. The van der Waals surface area contributed by atoms with E-state index in [4.69, 9.17) is 16.3 Å².